The number of methoxy groups -OCH3 is 1. The standard InChI is InChI=1S/C28H38O3/c1-5-24(12-9-17-28(30,6-2)7-3)25-11-8-10-22(18-25)13-14-23-15-16-26(21-31-4)27(19-23)20-29/h8-12,15-19,29-30H,5-7,13-14,20-21H2,1-4H3/b17-9+,24-12+. The van der Waals surface area contributed by atoms with Gasteiger partial charge in [0.15, 0.2) is 0 Å². The average Bonchev–Trinajstić information content (AvgIpc) is 2.81. The molecule has 0 aliphatic heterocycles. The number of aliphatic hydroxyl groups excluding tert-OH is 1. The molecule has 31 heavy (non-hydrogen) atoms. The van der Waals surface area contributed by atoms with E-state index < -0.39 is 5.60 Å². The van der Waals surface area contributed by atoms with E-state index in [0.717, 1.165) is 43.2 Å². The molecular formula is C28H38O3. The van der Waals surface area contributed by atoms with E-state index in [1.807, 2.05) is 26.0 Å². The van der Waals surface area contributed by atoms with E-state index >= 15 is 0 Å². The highest BCUT2D eigenvalue weighted by atomic mass is 16.5. The molecule has 2 rings (SSSR count). The van der Waals surface area contributed by atoms with Gasteiger partial charge in [-0.1, -0.05) is 81.5 Å². The Labute approximate surface area is 188 Å². The zero-order valence-electron chi connectivity index (χ0n) is 19.5. The van der Waals surface area contributed by atoms with Crippen LogP contribution < -0.4 is 0 Å². The highest BCUT2D eigenvalue weighted by Gasteiger charge is 2.16. The van der Waals surface area contributed by atoms with Gasteiger partial charge in [-0.3, -0.25) is 0 Å². The van der Waals surface area contributed by atoms with Crippen molar-refractivity contribution in [3.05, 3.63) is 88.5 Å². The fraction of sp³-hybridized carbons (Fsp3) is 0.429. The summed E-state index contributed by atoms with van der Waals surface area (Å²) in [7, 11) is 1.67. The number of rotatable bonds is 12. The summed E-state index contributed by atoms with van der Waals surface area (Å²) in [6, 6.07) is 15.0. The third kappa shape index (κ3) is 7.46. The second-order valence-corrected chi connectivity index (χ2v) is 8.11. The van der Waals surface area contributed by atoms with Gasteiger partial charge in [0, 0.05) is 7.11 Å². The van der Waals surface area contributed by atoms with Crippen molar-refractivity contribution in [1.29, 1.82) is 0 Å². The Kier molecular flexibility index (Phi) is 10.2. The van der Waals surface area contributed by atoms with E-state index in [1.165, 1.54) is 22.3 Å². The van der Waals surface area contributed by atoms with Crippen LogP contribution in [0.3, 0.4) is 0 Å². The van der Waals surface area contributed by atoms with Gasteiger partial charge in [-0.25, -0.2) is 0 Å². The molecule has 0 amide bonds. The quantitative estimate of drug-likeness (QED) is 0.412. The van der Waals surface area contributed by atoms with Crippen LogP contribution >= 0.6 is 0 Å². The highest BCUT2D eigenvalue weighted by molar-refractivity contribution is 5.67. The lowest BCUT2D eigenvalue weighted by Crippen LogP contribution is -2.22. The predicted molar refractivity (Wildman–Crippen MR) is 130 cm³/mol. The summed E-state index contributed by atoms with van der Waals surface area (Å²) in [5.41, 5.74) is 6.28. The minimum atomic E-state index is -0.719. The lowest BCUT2D eigenvalue weighted by atomic mass is 9.95. The minimum absolute atomic E-state index is 0.0331. The van der Waals surface area contributed by atoms with Gasteiger partial charge in [0.25, 0.3) is 0 Å². The Morgan fingerprint density at radius 2 is 1.68 bits per heavy atom. The molecule has 0 aliphatic rings. The molecule has 0 saturated heterocycles. The van der Waals surface area contributed by atoms with Crippen LogP contribution in [0.1, 0.15) is 67.9 Å². The predicted octanol–water partition coefficient (Wildman–Crippen LogP) is 6.01. The number of aryl methyl sites for hydroxylation is 2. The van der Waals surface area contributed by atoms with E-state index in [1.54, 1.807) is 7.11 Å². The van der Waals surface area contributed by atoms with Gasteiger partial charge in [-0.15, -0.1) is 0 Å². The number of aliphatic hydroxyl groups is 2. The maximum atomic E-state index is 10.5. The molecule has 2 aromatic carbocycles. The number of ether oxygens (including phenoxy) is 1. The molecule has 0 heterocycles. The van der Waals surface area contributed by atoms with E-state index in [-0.39, 0.29) is 6.61 Å². The molecule has 0 aliphatic carbocycles. The largest absolute Gasteiger partial charge is 0.392 e. The van der Waals surface area contributed by atoms with E-state index in [4.69, 9.17) is 4.74 Å². The van der Waals surface area contributed by atoms with Gasteiger partial charge in [-0.2, -0.15) is 0 Å². The fourth-order valence-corrected chi connectivity index (χ4v) is 3.74. The zero-order valence-corrected chi connectivity index (χ0v) is 19.5. The first-order valence-corrected chi connectivity index (χ1v) is 11.4. The maximum absolute atomic E-state index is 10.5. The van der Waals surface area contributed by atoms with Crippen molar-refractivity contribution in [2.75, 3.05) is 7.11 Å². The molecule has 0 radical (unpaired) electrons. The van der Waals surface area contributed by atoms with Crippen molar-refractivity contribution < 1.29 is 14.9 Å². The first-order valence-electron chi connectivity index (χ1n) is 11.4. The molecule has 168 valence electrons. The monoisotopic (exact) mass is 422 g/mol. The summed E-state index contributed by atoms with van der Waals surface area (Å²) in [4.78, 5) is 0. The highest BCUT2D eigenvalue weighted by Crippen LogP contribution is 2.22. The van der Waals surface area contributed by atoms with Crippen molar-refractivity contribution in [1.82, 2.24) is 0 Å². The Balaban J connectivity index is 2.12. The molecule has 0 bridgehead atoms. The topological polar surface area (TPSA) is 49.7 Å². The number of benzene rings is 2. The number of hydrogen-bond acceptors (Lipinski definition) is 3. The van der Waals surface area contributed by atoms with Crippen LogP contribution in [0.2, 0.25) is 0 Å². The molecule has 3 heteroatoms. The van der Waals surface area contributed by atoms with Crippen LogP contribution in [0.4, 0.5) is 0 Å². The molecule has 2 aromatic rings. The smallest absolute Gasteiger partial charge is 0.0825 e. The zero-order chi connectivity index (χ0) is 22.7. The molecule has 0 saturated carbocycles. The van der Waals surface area contributed by atoms with Crippen molar-refractivity contribution in [3.63, 3.8) is 0 Å². The fourth-order valence-electron chi connectivity index (χ4n) is 3.74. The van der Waals surface area contributed by atoms with Crippen LogP contribution in [-0.2, 0) is 30.8 Å². The van der Waals surface area contributed by atoms with E-state index in [0.29, 0.717) is 6.61 Å². The molecule has 0 aromatic heterocycles. The molecule has 0 fully saturated rings. The number of allylic oxidation sites excluding steroid dienone is 3. The Bertz CT molecular complexity index is 876. The SMILES string of the molecule is CC/C(=C\C=C\C(O)(CC)CC)c1cccc(CCc2ccc(COC)c(CO)c2)c1. The summed E-state index contributed by atoms with van der Waals surface area (Å²) < 4.78 is 5.21. The lowest BCUT2D eigenvalue weighted by Gasteiger charge is -2.20. The van der Waals surface area contributed by atoms with Crippen LogP contribution in [0, 0.1) is 0 Å². The second-order valence-electron chi connectivity index (χ2n) is 8.11. The molecular weight excluding hydrogens is 384 g/mol. The summed E-state index contributed by atoms with van der Waals surface area (Å²) >= 11 is 0. The van der Waals surface area contributed by atoms with Gasteiger partial charge in [-0.05, 0) is 65.5 Å². The molecule has 3 nitrogen and oxygen atoms in total. The van der Waals surface area contributed by atoms with Gasteiger partial charge >= 0.3 is 0 Å². The summed E-state index contributed by atoms with van der Waals surface area (Å²) in [5, 5.41) is 20.1. The van der Waals surface area contributed by atoms with Crippen molar-refractivity contribution in [3.8, 4) is 0 Å². The Morgan fingerprint density at radius 3 is 2.29 bits per heavy atom. The van der Waals surface area contributed by atoms with Crippen molar-refractivity contribution >= 4 is 5.57 Å². The van der Waals surface area contributed by atoms with E-state index in [9.17, 15) is 10.2 Å². The van der Waals surface area contributed by atoms with Gasteiger partial charge in [0.05, 0.1) is 18.8 Å². The maximum Gasteiger partial charge on any atom is 0.0825 e. The van der Waals surface area contributed by atoms with Crippen LogP contribution in [0.5, 0.6) is 0 Å². The van der Waals surface area contributed by atoms with Crippen LogP contribution in [0.25, 0.3) is 5.57 Å². The Hall–Kier alpha value is -2.20. The van der Waals surface area contributed by atoms with Gasteiger partial charge in [0.1, 0.15) is 0 Å². The first kappa shape index (κ1) is 25.1. The molecule has 0 spiro atoms. The molecule has 2 N–H and O–H groups in total. The normalized spacial score (nSPS) is 12.6. The van der Waals surface area contributed by atoms with Gasteiger partial charge in [0.2, 0.25) is 0 Å². The van der Waals surface area contributed by atoms with Crippen LogP contribution in [-0.4, -0.2) is 22.9 Å². The third-order valence-electron chi connectivity index (χ3n) is 6.05. The summed E-state index contributed by atoms with van der Waals surface area (Å²) in [6.45, 7) is 6.74. The molecule has 0 unspecified atom stereocenters. The third-order valence-corrected chi connectivity index (χ3v) is 6.05. The van der Waals surface area contributed by atoms with E-state index in [2.05, 4.69) is 55.5 Å². The van der Waals surface area contributed by atoms with Crippen molar-refractivity contribution in [2.45, 2.75) is 71.7 Å². The van der Waals surface area contributed by atoms with Gasteiger partial charge < -0.3 is 14.9 Å². The Morgan fingerprint density at radius 1 is 0.968 bits per heavy atom. The van der Waals surface area contributed by atoms with Crippen LogP contribution in [0.15, 0.2) is 60.7 Å². The molecule has 0 atom stereocenters. The summed E-state index contributed by atoms with van der Waals surface area (Å²) in [6.07, 6.45) is 10.3. The first-order chi connectivity index (χ1) is 15.0. The number of hydrogen-bond donors (Lipinski definition) is 2. The van der Waals surface area contributed by atoms with Crippen molar-refractivity contribution in [2.24, 2.45) is 0 Å². The lowest BCUT2D eigenvalue weighted by molar-refractivity contribution is 0.0828. The average molecular weight is 423 g/mol. The summed E-state index contributed by atoms with van der Waals surface area (Å²) in [5.74, 6) is 0. The second kappa shape index (κ2) is 12.6. The minimum Gasteiger partial charge on any atom is -0.392 e.